The van der Waals surface area contributed by atoms with E-state index in [1.54, 1.807) is 0 Å². The molecule has 0 aromatic rings. The van der Waals surface area contributed by atoms with Crippen LogP contribution in [-0.4, -0.2) is 42.2 Å². The molecule has 0 aromatic heterocycles. The Morgan fingerprint density at radius 2 is 2.11 bits per heavy atom. The largest absolute Gasteiger partial charge is 0.365 e. The molecule has 3 fully saturated rings. The van der Waals surface area contributed by atoms with Gasteiger partial charge in [0.2, 0.25) is 0 Å². The van der Waals surface area contributed by atoms with E-state index < -0.39 is 17.4 Å². The minimum atomic E-state index is -1.18. The Morgan fingerprint density at radius 3 is 2.72 bits per heavy atom. The van der Waals surface area contributed by atoms with Crippen LogP contribution < -0.4 is 0 Å². The van der Waals surface area contributed by atoms with E-state index in [1.807, 2.05) is 0 Å². The van der Waals surface area contributed by atoms with Crippen LogP contribution in [0.4, 0.5) is 0 Å². The maximum absolute atomic E-state index is 11.5. The third kappa shape index (κ3) is 1.40. The van der Waals surface area contributed by atoms with E-state index in [-0.39, 0.29) is 11.5 Å². The molecule has 2 atom stereocenters. The van der Waals surface area contributed by atoms with Gasteiger partial charge in [0.1, 0.15) is 6.10 Å². The molecule has 0 N–H and O–H groups in total. The van der Waals surface area contributed by atoms with Crippen molar-refractivity contribution in [3.63, 3.8) is 0 Å². The number of nitro groups is 1. The highest BCUT2D eigenvalue weighted by Crippen LogP contribution is 2.49. The van der Waals surface area contributed by atoms with Crippen LogP contribution in [0.3, 0.4) is 0 Å². The maximum atomic E-state index is 11.5. The van der Waals surface area contributed by atoms with E-state index in [0.717, 1.165) is 0 Å². The van der Waals surface area contributed by atoms with Crippen molar-refractivity contribution in [1.82, 2.24) is 0 Å². The number of rotatable bonds is 1. The van der Waals surface area contributed by atoms with E-state index in [1.165, 1.54) is 0 Å². The van der Waals surface area contributed by atoms with Gasteiger partial charge in [0.25, 0.3) is 5.54 Å². The van der Waals surface area contributed by atoms with Gasteiger partial charge in [0.05, 0.1) is 25.4 Å². The molecule has 2 aliphatic heterocycles. The third-order valence-electron chi connectivity index (χ3n) is 4.22. The van der Waals surface area contributed by atoms with Crippen molar-refractivity contribution >= 4 is 0 Å². The zero-order chi connectivity index (χ0) is 12.8. The third-order valence-corrected chi connectivity index (χ3v) is 4.22. The first-order valence-electron chi connectivity index (χ1n) is 6.06. The van der Waals surface area contributed by atoms with Crippen LogP contribution in [0.15, 0.2) is 17.9 Å². The zero-order valence-electron chi connectivity index (χ0n) is 10.0. The summed E-state index contributed by atoms with van der Waals surface area (Å²) in [5.74, 6) is -0.680. The van der Waals surface area contributed by atoms with Gasteiger partial charge in [-0.2, -0.15) is 0 Å². The van der Waals surface area contributed by atoms with E-state index >= 15 is 0 Å². The van der Waals surface area contributed by atoms with Crippen LogP contribution in [0.2, 0.25) is 0 Å². The molecule has 6 nitrogen and oxygen atoms in total. The van der Waals surface area contributed by atoms with Gasteiger partial charge >= 0.3 is 0 Å². The van der Waals surface area contributed by atoms with Crippen molar-refractivity contribution in [1.29, 1.82) is 0 Å². The first kappa shape index (κ1) is 11.9. The predicted molar refractivity (Wildman–Crippen MR) is 60.6 cm³/mol. The maximum Gasteiger partial charge on any atom is 0.278 e. The molecule has 6 heteroatoms. The first-order chi connectivity index (χ1) is 8.63. The lowest BCUT2D eigenvalue weighted by molar-refractivity contribution is -0.572. The standard InChI is InChI=1S/C12H15NO5/c1-2-9-8-16-10-7-11(17-5-6-18-11)3-4-12(9,10)13(14)15/h10H,1,3-8H2/t10-,12+/m1/s1. The van der Waals surface area contributed by atoms with E-state index in [9.17, 15) is 10.1 Å². The van der Waals surface area contributed by atoms with Gasteiger partial charge < -0.3 is 14.2 Å². The Bertz CT molecular complexity index is 436. The van der Waals surface area contributed by atoms with Gasteiger partial charge in [-0.15, -0.1) is 5.73 Å². The predicted octanol–water partition coefficient (Wildman–Crippen LogP) is 1.04. The molecule has 0 aromatic carbocycles. The highest BCUT2D eigenvalue weighted by molar-refractivity contribution is 5.25. The van der Waals surface area contributed by atoms with Crippen molar-refractivity contribution in [2.75, 3.05) is 19.8 Å². The Balaban J connectivity index is 1.94. The smallest absolute Gasteiger partial charge is 0.278 e. The van der Waals surface area contributed by atoms with Crippen LogP contribution >= 0.6 is 0 Å². The summed E-state index contributed by atoms with van der Waals surface area (Å²) in [7, 11) is 0. The summed E-state index contributed by atoms with van der Waals surface area (Å²) in [6, 6.07) is 0. The number of fused-ring (bicyclic) bond motifs is 1. The molecule has 98 valence electrons. The van der Waals surface area contributed by atoms with Crippen LogP contribution in [0.5, 0.6) is 0 Å². The molecular weight excluding hydrogens is 238 g/mol. The first-order valence-corrected chi connectivity index (χ1v) is 6.06. The van der Waals surface area contributed by atoms with Crippen molar-refractivity contribution in [3.8, 4) is 0 Å². The lowest BCUT2D eigenvalue weighted by Gasteiger charge is -2.39. The van der Waals surface area contributed by atoms with Gasteiger partial charge in [-0.05, 0) is 0 Å². The normalized spacial score (nSPS) is 37.6. The molecule has 0 bridgehead atoms. The minimum Gasteiger partial charge on any atom is -0.365 e. The second-order valence-electron chi connectivity index (χ2n) is 4.95. The van der Waals surface area contributed by atoms with Crippen molar-refractivity contribution < 1.29 is 19.1 Å². The fraction of sp³-hybridized carbons (Fsp3) is 0.750. The van der Waals surface area contributed by atoms with E-state index in [2.05, 4.69) is 12.3 Å². The molecule has 0 unspecified atom stereocenters. The topological polar surface area (TPSA) is 70.8 Å². The van der Waals surface area contributed by atoms with E-state index in [4.69, 9.17) is 14.2 Å². The summed E-state index contributed by atoms with van der Waals surface area (Å²) < 4.78 is 16.8. The molecule has 0 radical (unpaired) electrons. The van der Waals surface area contributed by atoms with Crippen LogP contribution in [0.1, 0.15) is 19.3 Å². The van der Waals surface area contributed by atoms with Crippen molar-refractivity contribution in [2.24, 2.45) is 0 Å². The van der Waals surface area contributed by atoms with Gasteiger partial charge in [-0.25, -0.2) is 0 Å². The summed E-state index contributed by atoms with van der Waals surface area (Å²) in [6.07, 6.45) is 0.754. The van der Waals surface area contributed by atoms with Crippen LogP contribution in [-0.2, 0) is 14.2 Å². The molecule has 3 aliphatic rings. The fourth-order valence-electron chi connectivity index (χ4n) is 3.23. The molecule has 3 rings (SSSR count). The second-order valence-corrected chi connectivity index (χ2v) is 4.95. The lowest BCUT2D eigenvalue weighted by atomic mass is 9.74. The zero-order valence-corrected chi connectivity index (χ0v) is 10.0. The monoisotopic (exact) mass is 253 g/mol. The molecule has 0 amide bonds. The summed E-state index contributed by atoms with van der Waals surface area (Å²) >= 11 is 0. The Hall–Kier alpha value is -1.20. The highest BCUT2D eigenvalue weighted by Gasteiger charge is 2.65. The lowest BCUT2D eigenvalue weighted by Crippen LogP contribution is -2.56. The highest BCUT2D eigenvalue weighted by atomic mass is 16.7. The van der Waals surface area contributed by atoms with Crippen LogP contribution in [0.25, 0.3) is 0 Å². The molecule has 1 saturated carbocycles. The number of ether oxygens (including phenoxy) is 3. The fourth-order valence-corrected chi connectivity index (χ4v) is 3.23. The summed E-state index contributed by atoms with van der Waals surface area (Å²) in [4.78, 5) is 11.2. The summed E-state index contributed by atoms with van der Waals surface area (Å²) in [6.45, 7) is 4.86. The number of nitrogens with zero attached hydrogens (tertiary/aromatic N) is 1. The van der Waals surface area contributed by atoms with Gasteiger partial charge in [-0.3, -0.25) is 10.1 Å². The second kappa shape index (κ2) is 3.90. The molecule has 2 heterocycles. The summed E-state index contributed by atoms with van der Waals surface area (Å²) in [5.41, 5.74) is 2.05. The van der Waals surface area contributed by atoms with E-state index in [0.29, 0.717) is 38.0 Å². The molecule has 1 spiro atoms. The molecule has 18 heavy (non-hydrogen) atoms. The SMILES string of the molecule is C=C=C1CO[C@@H]2CC3(CC[C@]12[N+](=O)[O-])OCCO3. The quantitative estimate of drug-likeness (QED) is 0.396. The average Bonchev–Trinajstić information content (AvgIpc) is 2.94. The number of hydrogen-bond acceptors (Lipinski definition) is 5. The van der Waals surface area contributed by atoms with Crippen LogP contribution in [0, 0.1) is 10.1 Å². The van der Waals surface area contributed by atoms with Gasteiger partial charge in [0, 0.05) is 24.2 Å². The van der Waals surface area contributed by atoms with Gasteiger partial charge in [0.15, 0.2) is 5.79 Å². The summed E-state index contributed by atoms with van der Waals surface area (Å²) in [5, 5.41) is 11.5. The Kier molecular flexibility index (Phi) is 2.57. The van der Waals surface area contributed by atoms with Gasteiger partial charge in [-0.1, -0.05) is 6.58 Å². The number of hydrogen-bond donors (Lipinski definition) is 0. The molecule has 2 saturated heterocycles. The van der Waals surface area contributed by atoms with Crippen molar-refractivity contribution in [3.05, 3.63) is 28.0 Å². The minimum absolute atomic E-state index is 0.227. The van der Waals surface area contributed by atoms with Crippen molar-refractivity contribution in [2.45, 2.75) is 36.7 Å². The molecule has 1 aliphatic carbocycles. The Morgan fingerprint density at radius 1 is 1.39 bits per heavy atom. The Labute approximate surface area is 104 Å². The average molecular weight is 253 g/mol. The molecular formula is C12H15NO5.